The number of nitrogens with zero attached hydrogens (tertiary/aromatic N) is 2. The summed E-state index contributed by atoms with van der Waals surface area (Å²) in [5.74, 6) is 0.346. The normalized spacial score (nSPS) is 11.4. The van der Waals surface area contributed by atoms with Crippen molar-refractivity contribution < 1.29 is 14.3 Å². The molecule has 2 aromatic heterocycles. The van der Waals surface area contributed by atoms with Gasteiger partial charge in [0.15, 0.2) is 5.52 Å². The van der Waals surface area contributed by atoms with E-state index in [2.05, 4.69) is 10.1 Å². The molecular weight excluding hydrogens is 370 g/mol. The largest absolute Gasteiger partial charge is 0.497 e. The highest BCUT2D eigenvalue weighted by molar-refractivity contribution is 6.04. The van der Waals surface area contributed by atoms with Gasteiger partial charge >= 0.3 is 5.97 Å². The van der Waals surface area contributed by atoms with E-state index in [0.29, 0.717) is 17.6 Å². The Labute approximate surface area is 166 Å². The molecule has 0 radical (unpaired) electrons. The SMILES string of the molecule is CCOC(=O)/C=C/c1ccc2[nH]c(=O)c3nn(-c4ccc(OC)cc4)cc3c2c1. The van der Waals surface area contributed by atoms with E-state index in [1.165, 1.54) is 6.08 Å². The molecule has 146 valence electrons. The van der Waals surface area contributed by atoms with Crippen LogP contribution in [0.3, 0.4) is 0 Å². The number of methoxy groups -OCH3 is 1. The highest BCUT2D eigenvalue weighted by Gasteiger charge is 2.11. The predicted octanol–water partition coefficient (Wildman–Crippen LogP) is 3.45. The summed E-state index contributed by atoms with van der Waals surface area (Å²) < 4.78 is 11.8. The lowest BCUT2D eigenvalue weighted by molar-refractivity contribution is -0.137. The Kier molecular flexibility index (Phi) is 4.87. The summed E-state index contributed by atoms with van der Waals surface area (Å²) in [6, 6.07) is 13.0. The van der Waals surface area contributed by atoms with Crippen LogP contribution >= 0.6 is 0 Å². The van der Waals surface area contributed by atoms with Gasteiger partial charge in [-0.1, -0.05) is 6.07 Å². The number of pyridine rings is 1. The Morgan fingerprint density at radius 2 is 1.97 bits per heavy atom. The van der Waals surface area contributed by atoms with Gasteiger partial charge in [-0.2, -0.15) is 5.10 Å². The molecule has 2 aromatic carbocycles. The van der Waals surface area contributed by atoms with Gasteiger partial charge in [-0.25, -0.2) is 9.48 Å². The lowest BCUT2D eigenvalue weighted by Crippen LogP contribution is -2.07. The first-order valence-corrected chi connectivity index (χ1v) is 9.13. The van der Waals surface area contributed by atoms with Crippen LogP contribution in [0, 0.1) is 0 Å². The van der Waals surface area contributed by atoms with Crippen molar-refractivity contribution in [3.05, 3.63) is 70.7 Å². The van der Waals surface area contributed by atoms with Crippen LogP contribution < -0.4 is 10.3 Å². The monoisotopic (exact) mass is 389 g/mol. The van der Waals surface area contributed by atoms with Gasteiger partial charge in [-0.05, 0) is 55.0 Å². The smallest absolute Gasteiger partial charge is 0.330 e. The van der Waals surface area contributed by atoms with Gasteiger partial charge in [-0.15, -0.1) is 0 Å². The fraction of sp³-hybridized carbons (Fsp3) is 0.136. The zero-order chi connectivity index (χ0) is 20.4. The third-order valence-electron chi connectivity index (χ3n) is 4.55. The zero-order valence-corrected chi connectivity index (χ0v) is 16.0. The molecule has 2 heterocycles. The van der Waals surface area contributed by atoms with Crippen molar-refractivity contribution in [1.82, 2.24) is 14.8 Å². The highest BCUT2D eigenvalue weighted by atomic mass is 16.5. The summed E-state index contributed by atoms with van der Waals surface area (Å²) in [7, 11) is 1.61. The van der Waals surface area contributed by atoms with Crippen molar-refractivity contribution in [3.63, 3.8) is 0 Å². The van der Waals surface area contributed by atoms with Crippen LogP contribution in [0.25, 0.3) is 33.6 Å². The summed E-state index contributed by atoms with van der Waals surface area (Å²) in [6.07, 6.45) is 4.89. The Morgan fingerprint density at radius 1 is 1.17 bits per heavy atom. The summed E-state index contributed by atoms with van der Waals surface area (Å²) in [5, 5.41) is 6.02. The van der Waals surface area contributed by atoms with Gasteiger partial charge in [0.05, 0.1) is 19.4 Å². The number of esters is 1. The third kappa shape index (κ3) is 3.62. The van der Waals surface area contributed by atoms with Crippen molar-refractivity contribution in [2.75, 3.05) is 13.7 Å². The van der Waals surface area contributed by atoms with Crippen LogP contribution in [0.15, 0.2) is 59.5 Å². The maximum absolute atomic E-state index is 12.5. The number of rotatable bonds is 5. The number of carbonyl (C=O) groups excluding carboxylic acids is 1. The van der Waals surface area contributed by atoms with E-state index in [1.54, 1.807) is 24.8 Å². The quantitative estimate of drug-likeness (QED) is 0.417. The summed E-state index contributed by atoms with van der Waals surface area (Å²) in [6.45, 7) is 2.09. The van der Waals surface area contributed by atoms with Gasteiger partial charge in [-0.3, -0.25) is 4.79 Å². The van der Waals surface area contributed by atoms with Crippen LogP contribution in [0.5, 0.6) is 5.75 Å². The zero-order valence-electron chi connectivity index (χ0n) is 16.0. The number of hydrogen-bond acceptors (Lipinski definition) is 5. The lowest BCUT2D eigenvalue weighted by Gasteiger charge is -2.02. The molecule has 0 saturated carbocycles. The maximum Gasteiger partial charge on any atom is 0.330 e. The molecule has 7 heteroatoms. The van der Waals surface area contributed by atoms with E-state index in [4.69, 9.17) is 9.47 Å². The van der Waals surface area contributed by atoms with E-state index in [9.17, 15) is 9.59 Å². The van der Waals surface area contributed by atoms with Crippen LogP contribution in [0.4, 0.5) is 0 Å². The molecule has 0 fully saturated rings. The fourth-order valence-corrected chi connectivity index (χ4v) is 3.14. The van der Waals surface area contributed by atoms with Crippen molar-refractivity contribution in [1.29, 1.82) is 0 Å². The van der Waals surface area contributed by atoms with Crippen LogP contribution in [-0.2, 0) is 9.53 Å². The summed E-state index contributed by atoms with van der Waals surface area (Å²) in [5.41, 5.74) is 2.42. The Hall–Kier alpha value is -3.87. The number of nitrogens with one attached hydrogen (secondary N) is 1. The predicted molar refractivity (Wildman–Crippen MR) is 111 cm³/mol. The van der Waals surface area contributed by atoms with Crippen molar-refractivity contribution >= 4 is 33.9 Å². The van der Waals surface area contributed by atoms with Crippen molar-refractivity contribution in [3.8, 4) is 11.4 Å². The standard InChI is InChI=1S/C22H19N3O4/c1-3-29-20(26)11-5-14-4-10-19-17(12-14)18-13-25(24-21(18)22(27)23-19)15-6-8-16(28-2)9-7-15/h4-13H,3H2,1-2H3,(H,23,27)/b11-5+. The summed E-state index contributed by atoms with van der Waals surface area (Å²) in [4.78, 5) is 26.9. The molecule has 0 spiro atoms. The average molecular weight is 389 g/mol. The number of benzene rings is 2. The van der Waals surface area contributed by atoms with Gasteiger partial charge in [0.25, 0.3) is 5.56 Å². The second kappa shape index (κ2) is 7.63. The average Bonchev–Trinajstić information content (AvgIpc) is 3.19. The molecule has 0 saturated heterocycles. The molecular formula is C22H19N3O4. The first-order valence-electron chi connectivity index (χ1n) is 9.13. The molecule has 0 unspecified atom stereocenters. The third-order valence-corrected chi connectivity index (χ3v) is 4.55. The number of hydrogen-bond donors (Lipinski definition) is 1. The van der Waals surface area contributed by atoms with Gasteiger partial charge in [0.1, 0.15) is 5.75 Å². The van der Waals surface area contributed by atoms with E-state index in [-0.39, 0.29) is 5.56 Å². The molecule has 0 aliphatic carbocycles. The number of ether oxygens (including phenoxy) is 2. The second-order valence-corrected chi connectivity index (χ2v) is 6.38. The van der Waals surface area contributed by atoms with Crippen LogP contribution in [0.2, 0.25) is 0 Å². The maximum atomic E-state index is 12.5. The molecule has 4 rings (SSSR count). The number of carbonyl (C=O) groups is 1. The van der Waals surface area contributed by atoms with Crippen molar-refractivity contribution in [2.24, 2.45) is 0 Å². The Balaban J connectivity index is 1.82. The lowest BCUT2D eigenvalue weighted by atomic mass is 10.1. The Morgan fingerprint density at radius 3 is 2.69 bits per heavy atom. The van der Waals surface area contributed by atoms with E-state index in [1.807, 2.05) is 48.7 Å². The molecule has 7 nitrogen and oxygen atoms in total. The second-order valence-electron chi connectivity index (χ2n) is 6.38. The fourth-order valence-electron chi connectivity index (χ4n) is 3.14. The molecule has 0 aliphatic rings. The van der Waals surface area contributed by atoms with Gasteiger partial charge < -0.3 is 14.5 Å². The number of fused-ring (bicyclic) bond motifs is 3. The number of aromatic nitrogens is 3. The molecule has 0 atom stereocenters. The minimum atomic E-state index is -0.397. The van der Waals surface area contributed by atoms with Crippen molar-refractivity contribution in [2.45, 2.75) is 6.92 Å². The molecule has 0 amide bonds. The van der Waals surface area contributed by atoms with E-state index in [0.717, 1.165) is 27.8 Å². The van der Waals surface area contributed by atoms with Gasteiger partial charge in [0, 0.05) is 28.6 Å². The first-order chi connectivity index (χ1) is 14.1. The van der Waals surface area contributed by atoms with Crippen LogP contribution in [-0.4, -0.2) is 34.5 Å². The summed E-state index contributed by atoms with van der Waals surface area (Å²) >= 11 is 0. The topological polar surface area (TPSA) is 86.2 Å². The van der Waals surface area contributed by atoms with E-state index < -0.39 is 5.97 Å². The first kappa shape index (κ1) is 18.5. The minimum Gasteiger partial charge on any atom is -0.497 e. The number of H-pyrrole nitrogens is 1. The van der Waals surface area contributed by atoms with Crippen LogP contribution in [0.1, 0.15) is 12.5 Å². The minimum absolute atomic E-state index is 0.255. The molecule has 4 aromatic rings. The number of aromatic amines is 1. The highest BCUT2D eigenvalue weighted by Crippen LogP contribution is 2.24. The molecule has 1 N–H and O–H groups in total. The molecule has 0 bridgehead atoms. The van der Waals surface area contributed by atoms with Gasteiger partial charge in [0.2, 0.25) is 0 Å². The van der Waals surface area contributed by atoms with E-state index >= 15 is 0 Å². The Bertz CT molecular complexity index is 1280. The molecule has 0 aliphatic heterocycles. The molecule has 29 heavy (non-hydrogen) atoms.